The van der Waals surface area contributed by atoms with Gasteiger partial charge in [0.05, 0.1) is 11.3 Å². The summed E-state index contributed by atoms with van der Waals surface area (Å²) in [6, 6.07) is 0. The second-order valence-electron chi connectivity index (χ2n) is 4.91. The van der Waals surface area contributed by atoms with Gasteiger partial charge in [-0.05, 0) is 18.8 Å². The fourth-order valence-electron chi connectivity index (χ4n) is 2.21. The highest BCUT2D eigenvalue weighted by Gasteiger charge is 2.32. The molecule has 0 radical (unpaired) electrons. The number of anilines is 1. The molecule has 0 bridgehead atoms. The third-order valence-corrected chi connectivity index (χ3v) is 4.55. The molecular weight excluding hydrogens is 331 g/mol. The molecule has 1 aliphatic rings. The van der Waals surface area contributed by atoms with Gasteiger partial charge >= 0.3 is 6.18 Å². The van der Waals surface area contributed by atoms with Gasteiger partial charge in [-0.3, -0.25) is 0 Å². The van der Waals surface area contributed by atoms with Gasteiger partial charge in [0, 0.05) is 36.2 Å². The van der Waals surface area contributed by atoms with E-state index >= 15 is 0 Å². The van der Waals surface area contributed by atoms with Crippen LogP contribution in [0.1, 0.15) is 18.4 Å². The maximum Gasteiger partial charge on any atom is 0.419 e. The van der Waals surface area contributed by atoms with Crippen LogP contribution in [0.3, 0.4) is 0 Å². The Morgan fingerprint density at radius 1 is 1.24 bits per heavy atom. The number of hydrogen-bond acceptors (Lipinski definition) is 5. The van der Waals surface area contributed by atoms with Gasteiger partial charge in [0.2, 0.25) is 15.0 Å². The Hall–Kier alpha value is -1.09. The lowest BCUT2D eigenvalue weighted by Crippen LogP contribution is -2.36. The summed E-state index contributed by atoms with van der Waals surface area (Å²) in [6.07, 6.45) is -1.80. The molecule has 0 amide bonds. The minimum atomic E-state index is -4.46. The van der Waals surface area contributed by atoms with Crippen molar-refractivity contribution in [2.75, 3.05) is 23.7 Å². The van der Waals surface area contributed by atoms with E-state index < -0.39 is 20.8 Å². The summed E-state index contributed by atoms with van der Waals surface area (Å²) in [6.45, 7) is 0.977. The molecule has 1 saturated heterocycles. The normalized spacial score (nSPS) is 18.0. The van der Waals surface area contributed by atoms with E-state index in [4.69, 9.17) is 10.7 Å². The van der Waals surface area contributed by atoms with Crippen LogP contribution in [0.5, 0.6) is 0 Å². The van der Waals surface area contributed by atoms with E-state index in [9.17, 15) is 21.6 Å². The second kappa shape index (κ2) is 5.96. The summed E-state index contributed by atoms with van der Waals surface area (Å²) in [5, 5.41) is 0. The van der Waals surface area contributed by atoms with Crippen molar-refractivity contribution in [3.8, 4) is 0 Å². The number of aromatic nitrogens is 2. The van der Waals surface area contributed by atoms with Crippen molar-refractivity contribution >= 4 is 25.7 Å². The summed E-state index contributed by atoms with van der Waals surface area (Å²) in [5.41, 5.74) is -0.894. The van der Waals surface area contributed by atoms with Crippen molar-refractivity contribution in [3.63, 3.8) is 0 Å². The quantitative estimate of drug-likeness (QED) is 0.788. The number of hydrogen-bond donors (Lipinski definition) is 0. The molecule has 1 aromatic heterocycles. The Morgan fingerprint density at radius 3 is 2.19 bits per heavy atom. The van der Waals surface area contributed by atoms with Crippen molar-refractivity contribution in [2.24, 2.45) is 5.92 Å². The third kappa shape index (κ3) is 4.70. The SMILES string of the molecule is O=S(=O)(Cl)CC1CCN(c2ncc(C(F)(F)F)cn2)CC1. The fourth-order valence-corrected chi connectivity index (χ4v) is 3.64. The van der Waals surface area contributed by atoms with E-state index in [0.29, 0.717) is 25.9 Å². The molecule has 10 heteroatoms. The Kier molecular flexibility index (Phi) is 4.62. The molecule has 0 N–H and O–H groups in total. The van der Waals surface area contributed by atoms with Gasteiger partial charge in [-0.2, -0.15) is 13.2 Å². The van der Waals surface area contributed by atoms with E-state index in [0.717, 1.165) is 12.4 Å². The molecule has 0 unspecified atom stereocenters. The second-order valence-corrected chi connectivity index (χ2v) is 7.73. The van der Waals surface area contributed by atoms with Crippen LogP contribution in [0.25, 0.3) is 0 Å². The molecule has 0 saturated carbocycles. The summed E-state index contributed by atoms with van der Waals surface area (Å²) < 4.78 is 59.2. The standard InChI is InChI=1S/C11H13ClF3N3O2S/c12-21(19,20)7-8-1-3-18(4-2-8)10-16-5-9(6-17-10)11(13,14)15/h5-6,8H,1-4,7H2. The molecule has 2 rings (SSSR count). The van der Waals surface area contributed by atoms with Crippen molar-refractivity contribution in [2.45, 2.75) is 19.0 Å². The first kappa shape index (κ1) is 16.3. The van der Waals surface area contributed by atoms with Crippen LogP contribution in [0.2, 0.25) is 0 Å². The van der Waals surface area contributed by atoms with E-state index in [2.05, 4.69) is 9.97 Å². The molecule has 0 spiro atoms. The van der Waals surface area contributed by atoms with Gasteiger partial charge in [-0.1, -0.05) is 0 Å². The fraction of sp³-hybridized carbons (Fsp3) is 0.636. The van der Waals surface area contributed by atoms with E-state index in [1.807, 2.05) is 0 Å². The first-order valence-electron chi connectivity index (χ1n) is 6.22. The zero-order valence-corrected chi connectivity index (χ0v) is 12.4. The summed E-state index contributed by atoms with van der Waals surface area (Å²) >= 11 is 0. The molecule has 118 valence electrons. The van der Waals surface area contributed by atoms with Crippen LogP contribution in [0, 0.1) is 5.92 Å². The van der Waals surface area contributed by atoms with E-state index in [1.165, 1.54) is 0 Å². The molecule has 2 heterocycles. The highest BCUT2D eigenvalue weighted by Crippen LogP contribution is 2.29. The van der Waals surface area contributed by atoms with Gasteiger partial charge in [-0.25, -0.2) is 18.4 Å². The van der Waals surface area contributed by atoms with Gasteiger partial charge in [0.25, 0.3) is 0 Å². The number of halogens is 4. The molecule has 1 aromatic rings. The molecule has 5 nitrogen and oxygen atoms in total. The average molecular weight is 344 g/mol. The Bertz CT molecular complexity index is 584. The monoisotopic (exact) mass is 343 g/mol. The van der Waals surface area contributed by atoms with Crippen molar-refractivity contribution in [1.82, 2.24) is 9.97 Å². The maximum atomic E-state index is 12.4. The number of nitrogens with zero attached hydrogens (tertiary/aromatic N) is 3. The molecule has 1 aliphatic heterocycles. The first-order chi connectivity index (χ1) is 9.65. The van der Waals surface area contributed by atoms with Crippen LogP contribution < -0.4 is 4.90 Å². The van der Waals surface area contributed by atoms with Crippen molar-refractivity contribution in [3.05, 3.63) is 18.0 Å². The predicted octanol–water partition coefficient (Wildman–Crippen LogP) is 2.28. The molecule has 21 heavy (non-hydrogen) atoms. The summed E-state index contributed by atoms with van der Waals surface area (Å²) in [5.74, 6) is 0.0874. The van der Waals surface area contributed by atoms with Crippen molar-refractivity contribution < 1.29 is 21.6 Å². The smallest absolute Gasteiger partial charge is 0.341 e. The van der Waals surface area contributed by atoms with Crippen LogP contribution >= 0.6 is 10.7 Å². The van der Waals surface area contributed by atoms with Crippen molar-refractivity contribution in [1.29, 1.82) is 0 Å². The van der Waals surface area contributed by atoms with E-state index in [1.54, 1.807) is 4.90 Å². The van der Waals surface area contributed by atoms with Crippen LogP contribution in [0.15, 0.2) is 12.4 Å². The van der Waals surface area contributed by atoms with Gasteiger partial charge in [-0.15, -0.1) is 0 Å². The zero-order chi connectivity index (χ0) is 15.7. The lowest BCUT2D eigenvalue weighted by Gasteiger charge is -2.31. The predicted molar refractivity (Wildman–Crippen MR) is 71.6 cm³/mol. The largest absolute Gasteiger partial charge is 0.419 e. The van der Waals surface area contributed by atoms with E-state index in [-0.39, 0.29) is 17.6 Å². The number of piperidine rings is 1. The molecule has 1 fully saturated rings. The topological polar surface area (TPSA) is 63.2 Å². The molecule has 0 atom stereocenters. The van der Waals surface area contributed by atoms with Crippen LogP contribution in [-0.2, 0) is 15.2 Å². The summed E-state index contributed by atoms with van der Waals surface area (Å²) in [4.78, 5) is 9.17. The van der Waals surface area contributed by atoms with Crippen LogP contribution in [0.4, 0.5) is 19.1 Å². The number of alkyl halides is 3. The summed E-state index contributed by atoms with van der Waals surface area (Å²) in [7, 11) is 1.68. The minimum absolute atomic E-state index is 0.0433. The molecular formula is C11H13ClF3N3O2S. The number of rotatable bonds is 3. The molecule has 0 aromatic carbocycles. The van der Waals surface area contributed by atoms with Gasteiger partial charge in [0.1, 0.15) is 0 Å². The minimum Gasteiger partial charge on any atom is -0.341 e. The van der Waals surface area contributed by atoms with Crippen LogP contribution in [-0.4, -0.2) is 37.2 Å². The third-order valence-electron chi connectivity index (χ3n) is 3.30. The lowest BCUT2D eigenvalue weighted by molar-refractivity contribution is -0.138. The Morgan fingerprint density at radius 2 is 1.76 bits per heavy atom. The zero-order valence-electron chi connectivity index (χ0n) is 10.8. The lowest BCUT2D eigenvalue weighted by atomic mass is 9.99. The van der Waals surface area contributed by atoms with Gasteiger partial charge < -0.3 is 4.90 Å². The molecule has 0 aliphatic carbocycles. The highest BCUT2D eigenvalue weighted by atomic mass is 35.7. The maximum absolute atomic E-state index is 12.4. The Labute approximate surface area is 124 Å². The first-order valence-corrected chi connectivity index (χ1v) is 8.69. The van der Waals surface area contributed by atoms with Gasteiger partial charge in [0.15, 0.2) is 0 Å². The highest BCUT2D eigenvalue weighted by molar-refractivity contribution is 8.13. The Balaban J connectivity index is 1.96. The average Bonchev–Trinajstić information content (AvgIpc) is 2.37.